The average Bonchev–Trinajstić information content (AvgIpc) is 2.61. The smallest absolute Gasteiger partial charge is 0.271 e. The number of likely N-dealkylation sites (N-methyl/N-ethyl adjacent to an activating group) is 1. The van der Waals surface area contributed by atoms with Crippen LogP contribution >= 0.6 is 15.9 Å². The van der Waals surface area contributed by atoms with Gasteiger partial charge in [0.15, 0.2) is 0 Å². The van der Waals surface area contributed by atoms with Gasteiger partial charge in [0.25, 0.3) is 5.69 Å². The first kappa shape index (κ1) is 20.8. The van der Waals surface area contributed by atoms with Crippen molar-refractivity contribution in [3.63, 3.8) is 0 Å². The number of non-ortho nitro benzene ring substituents is 1. The molecule has 1 N–H and O–H groups in total. The minimum atomic E-state index is -3.87. The third kappa shape index (κ3) is 5.02. The monoisotopic (exact) mass is 457 g/mol. The number of methoxy groups -OCH3 is 1. The zero-order valence-electron chi connectivity index (χ0n) is 14.4. The summed E-state index contributed by atoms with van der Waals surface area (Å²) in [5.41, 5.74) is -0.159. The first-order valence-corrected chi connectivity index (χ1v) is 9.72. The van der Waals surface area contributed by atoms with Crippen molar-refractivity contribution >= 4 is 43.2 Å². The minimum Gasteiger partial charge on any atom is -0.495 e. The Labute approximate surface area is 164 Å². The SMILES string of the molecule is COc1ccc([N+](=O)[O-])cc1NC(=O)CN(C)S(=O)(=O)c1ccc(Br)cc1. The molecule has 0 spiro atoms. The first-order chi connectivity index (χ1) is 12.6. The second-order valence-electron chi connectivity index (χ2n) is 5.40. The van der Waals surface area contributed by atoms with Crippen molar-refractivity contribution in [3.05, 3.63) is 57.1 Å². The second-order valence-corrected chi connectivity index (χ2v) is 8.37. The lowest BCUT2D eigenvalue weighted by atomic mass is 10.2. The number of halogens is 1. The number of nitro benzene ring substituents is 1. The Morgan fingerprint density at radius 1 is 1.26 bits per heavy atom. The first-order valence-electron chi connectivity index (χ1n) is 7.49. The predicted octanol–water partition coefficient (Wildman–Crippen LogP) is 2.63. The molecule has 0 saturated heterocycles. The number of anilines is 1. The van der Waals surface area contributed by atoms with Crippen LogP contribution in [0.3, 0.4) is 0 Å². The molecule has 0 fully saturated rings. The largest absolute Gasteiger partial charge is 0.495 e. The number of hydrogen-bond donors (Lipinski definition) is 1. The van der Waals surface area contributed by atoms with Gasteiger partial charge in [0.1, 0.15) is 5.75 Å². The Morgan fingerprint density at radius 2 is 1.89 bits per heavy atom. The molecule has 0 atom stereocenters. The number of ether oxygens (including phenoxy) is 1. The van der Waals surface area contributed by atoms with Crippen LogP contribution in [0.15, 0.2) is 51.8 Å². The lowest BCUT2D eigenvalue weighted by molar-refractivity contribution is -0.384. The maximum Gasteiger partial charge on any atom is 0.271 e. The van der Waals surface area contributed by atoms with E-state index in [1.165, 1.54) is 38.4 Å². The van der Waals surface area contributed by atoms with Crippen molar-refractivity contribution in [3.8, 4) is 5.75 Å². The zero-order valence-corrected chi connectivity index (χ0v) is 16.8. The molecule has 27 heavy (non-hydrogen) atoms. The van der Waals surface area contributed by atoms with E-state index in [1.807, 2.05) is 0 Å². The van der Waals surface area contributed by atoms with Gasteiger partial charge in [0.2, 0.25) is 15.9 Å². The van der Waals surface area contributed by atoms with Crippen molar-refractivity contribution in [1.29, 1.82) is 0 Å². The molecule has 9 nitrogen and oxygen atoms in total. The molecule has 2 rings (SSSR count). The van der Waals surface area contributed by atoms with Crippen LogP contribution in [0.5, 0.6) is 5.75 Å². The fourth-order valence-corrected chi connectivity index (χ4v) is 3.56. The maximum atomic E-state index is 12.5. The number of carbonyl (C=O) groups excluding carboxylic acids is 1. The van der Waals surface area contributed by atoms with Gasteiger partial charge in [-0.05, 0) is 30.3 Å². The van der Waals surface area contributed by atoms with Gasteiger partial charge in [-0.15, -0.1) is 0 Å². The molecule has 0 aromatic heterocycles. The standard InChI is InChI=1S/C16H16BrN3O6S/c1-19(27(24,25)13-6-3-11(17)4-7-13)10-16(21)18-14-9-12(20(22)23)5-8-15(14)26-2/h3-9H,10H2,1-2H3,(H,18,21). The number of rotatable bonds is 7. The molecule has 0 aliphatic rings. The fraction of sp³-hybridized carbons (Fsp3) is 0.188. The zero-order chi connectivity index (χ0) is 20.2. The summed E-state index contributed by atoms with van der Waals surface area (Å²) in [5.74, 6) is -0.454. The minimum absolute atomic E-state index is 0.0360. The van der Waals surface area contributed by atoms with Crippen LogP contribution < -0.4 is 10.1 Å². The molecule has 2 aromatic rings. The van der Waals surface area contributed by atoms with E-state index in [2.05, 4.69) is 21.2 Å². The number of nitro groups is 1. The number of benzene rings is 2. The van der Waals surface area contributed by atoms with E-state index < -0.39 is 27.4 Å². The average molecular weight is 458 g/mol. The summed E-state index contributed by atoms with van der Waals surface area (Å²) in [6, 6.07) is 9.70. The van der Waals surface area contributed by atoms with Gasteiger partial charge in [0, 0.05) is 23.7 Å². The third-order valence-electron chi connectivity index (χ3n) is 3.56. The Kier molecular flexibility index (Phi) is 6.52. The molecule has 2 aromatic carbocycles. The van der Waals surface area contributed by atoms with E-state index in [9.17, 15) is 23.3 Å². The van der Waals surface area contributed by atoms with E-state index >= 15 is 0 Å². The van der Waals surface area contributed by atoms with Crippen LogP contribution in [-0.2, 0) is 14.8 Å². The Bertz CT molecular complexity index is 963. The molecule has 11 heteroatoms. The van der Waals surface area contributed by atoms with Crippen molar-refractivity contribution < 1.29 is 22.9 Å². The molecular weight excluding hydrogens is 442 g/mol. The van der Waals surface area contributed by atoms with Gasteiger partial charge in [-0.25, -0.2) is 8.42 Å². The second kappa shape index (κ2) is 8.46. The number of nitrogens with one attached hydrogen (secondary N) is 1. The summed E-state index contributed by atoms with van der Waals surface area (Å²) < 4.78 is 31.7. The summed E-state index contributed by atoms with van der Waals surface area (Å²) in [6.07, 6.45) is 0. The molecule has 0 aliphatic heterocycles. The van der Waals surface area contributed by atoms with Crippen LogP contribution in [0.25, 0.3) is 0 Å². The molecule has 0 heterocycles. The Balaban J connectivity index is 2.16. The maximum absolute atomic E-state index is 12.5. The summed E-state index contributed by atoms with van der Waals surface area (Å²) in [7, 11) is -1.25. The van der Waals surface area contributed by atoms with Crippen LogP contribution in [0.2, 0.25) is 0 Å². The topological polar surface area (TPSA) is 119 Å². The molecular formula is C16H16BrN3O6S. The predicted molar refractivity (Wildman–Crippen MR) is 102 cm³/mol. The fourth-order valence-electron chi connectivity index (χ4n) is 2.17. The van der Waals surface area contributed by atoms with Crippen molar-refractivity contribution in [2.75, 3.05) is 26.0 Å². The van der Waals surface area contributed by atoms with E-state index in [-0.39, 0.29) is 22.0 Å². The summed E-state index contributed by atoms with van der Waals surface area (Å²) in [6.45, 7) is -0.482. The normalized spacial score (nSPS) is 11.3. The van der Waals surface area contributed by atoms with Gasteiger partial charge < -0.3 is 10.1 Å². The molecule has 144 valence electrons. The number of nitrogens with zero attached hydrogens (tertiary/aromatic N) is 2. The lowest BCUT2D eigenvalue weighted by Crippen LogP contribution is -2.35. The van der Waals surface area contributed by atoms with Crippen molar-refractivity contribution in [2.45, 2.75) is 4.90 Å². The van der Waals surface area contributed by atoms with Crippen molar-refractivity contribution in [1.82, 2.24) is 4.31 Å². The molecule has 0 bridgehead atoms. The van der Waals surface area contributed by atoms with Gasteiger partial charge in [-0.3, -0.25) is 14.9 Å². The van der Waals surface area contributed by atoms with Crippen molar-refractivity contribution in [2.24, 2.45) is 0 Å². The molecule has 1 amide bonds. The molecule has 0 unspecified atom stereocenters. The molecule has 0 radical (unpaired) electrons. The van der Waals surface area contributed by atoms with Gasteiger partial charge in [-0.1, -0.05) is 15.9 Å². The van der Waals surface area contributed by atoms with Crippen LogP contribution in [0, 0.1) is 10.1 Å². The number of hydrogen-bond acceptors (Lipinski definition) is 6. The van der Waals surface area contributed by atoms with Crippen LogP contribution in [0.1, 0.15) is 0 Å². The summed E-state index contributed by atoms with van der Waals surface area (Å²) in [4.78, 5) is 22.6. The number of amides is 1. The number of carbonyl (C=O) groups is 1. The van der Waals surface area contributed by atoms with E-state index in [0.29, 0.717) is 0 Å². The van der Waals surface area contributed by atoms with Crippen LogP contribution in [-0.4, -0.2) is 44.3 Å². The molecule has 0 saturated carbocycles. The quantitative estimate of drug-likeness (QED) is 0.503. The Hall–Kier alpha value is -2.50. The lowest BCUT2D eigenvalue weighted by Gasteiger charge is -2.17. The Morgan fingerprint density at radius 3 is 2.44 bits per heavy atom. The van der Waals surface area contributed by atoms with Gasteiger partial charge in [-0.2, -0.15) is 4.31 Å². The highest BCUT2D eigenvalue weighted by molar-refractivity contribution is 9.10. The third-order valence-corrected chi connectivity index (χ3v) is 5.90. The van der Waals surface area contributed by atoms with Crippen LogP contribution in [0.4, 0.5) is 11.4 Å². The van der Waals surface area contributed by atoms with Gasteiger partial charge >= 0.3 is 0 Å². The highest BCUT2D eigenvalue weighted by atomic mass is 79.9. The number of sulfonamides is 1. The highest BCUT2D eigenvalue weighted by Crippen LogP contribution is 2.29. The van der Waals surface area contributed by atoms with E-state index in [0.717, 1.165) is 14.8 Å². The van der Waals surface area contributed by atoms with E-state index in [4.69, 9.17) is 4.74 Å². The van der Waals surface area contributed by atoms with Gasteiger partial charge in [0.05, 0.1) is 29.2 Å². The summed E-state index contributed by atoms with van der Waals surface area (Å²) >= 11 is 3.22. The highest BCUT2D eigenvalue weighted by Gasteiger charge is 2.23. The van der Waals surface area contributed by atoms with E-state index in [1.54, 1.807) is 12.1 Å². The molecule has 0 aliphatic carbocycles. The summed E-state index contributed by atoms with van der Waals surface area (Å²) in [5, 5.41) is 13.3.